The normalized spacial score (nSPS) is 12.3. The highest BCUT2D eigenvalue weighted by Gasteiger charge is 2.08. The molecule has 0 fully saturated rings. The van der Waals surface area contributed by atoms with Gasteiger partial charge in [-0.3, -0.25) is 0 Å². The molecule has 6 heteroatoms. The number of aromatic amines is 2. The van der Waals surface area contributed by atoms with Gasteiger partial charge in [0.1, 0.15) is 0 Å². The number of benzene rings is 1. The summed E-state index contributed by atoms with van der Waals surface area (Å²) < 4.78 is 5.70. The van der Waals surface area contributed by atoms with Gasteiger partial charge >= 0.3 is 5.97 Å². The van der Waals surface area contributed by atoms with Crippen LogP contribution in [-0.2, 0) is 4.79 Å². The zero-order valence-corrected chi connectivity index (χ0v) is 18.6. The lowest BCUT2D eigenvalue weighted by atomic mass is 10.2. The number of carbonyl (C=O) groups excluding carboxylic acids is 1. The van der Waals surface area contributed by atoms with E-state index in [1.54, 1.807) is 6.08 Å². The highest BCUT2D eigenvalue weighted by molar-refractivity contribution is 5.91. The number of H-pyrrole nitrogens is 2. The third-order valence-corrected chi connectivity index (χ3v) is 5.55. The number of nitrogens with zero attached hydrogens (tertiary/aromatic N) is 2. The van der Waals surface area contributed by atoms with Crippen molar-refractivity contribution in [2.45, 2.75) is 0 Å². The number of rotatable bonds is 3. The highest BCUT2D eigenvalue weighted by Crippen LogP contribution is 2.24. The van der Waals surface area contributed by atoms with Crippen molar-refractivity contribution >= 4 is 58.4 Å². The van der Waals surface area contributed by atoms with E-state index in [-0.39, 0.29) is 0 Å². The fourth-order valence-corrected chi connectivity index (χ4v) is 3.95. The molecular weight excluding hydrogens is 436 g/mol. The van der Waals surface area contributed by atoms with E-state index in [1.165, 1.54) is 6.08 Å². The lowest BCUT2D eigenvalue weighted by Gasteiger charge is -1.98. The van der Waals surface area contributed by atoms with Crippen LogP contribution in [0.4, 0.5) is 0 Å². The first-order chi connectivity index (χ1) is 17.2. The van der Waals surface area contributed by atoms with Gasteiger partial charge in [-0.2, -0.15) is 0 Å². The summed E-state index contributed by atoms with van der Waals surface area (Å²) in [5.74, 6) is -0.0314. The summed E-state index contributed by atoms with van der Waals surface area (Å²) in [4.78, 5) is 28.6. The number of carbonyl (C=O) groups is 1. The second-order valence-corrected chi connectivity index (χ2v) is 8.20. The predicted molar refractivity (Wildman–Crippen MR) is 140 cm³/mol. The number of hydrogen-bond donors (Lipinski definition) is 2. The highest BCUT2D eigenvalue weighted by atomic mass is 16.5. The SMILES string of the molecule is O=C(/C=C/c1ccccc1)Oc1cc2cc3ccc(cc4nc(cc5nc(cc1[nH]2)C=C5)C=C4)[nH]3. The van der Waals surface area contributed by atoms with Crippen LogP contribution in [0.15, 0.2) is 78.9 Å². The van der Waals surface area contributed by atoms with Gasteiger partial charge in [0.25, 0.3) is 0 Å². The number of aromatic nitrogens is 4. The molecule has 2 aliphatic heterocycles. The number of fused-ring (bicyclic) bond motifs is 8. The number of esters is 1. The number of ether oxygens (including phenoxy) is 1. The first-order valence-electron chi connectivity index (χ1n) is 11.2. The molecule has 2 N–H and O–H groups in total. The van der Waals surface area contributed by atoms with Crippen LogP contribution >= 0.6 is 0 Å². The minimum absolute atomic E-state index is 0.428. The quantitative estimate of drug-likeness (QED) is 0.243. The van der Waals surface area contributed by atoms with Gasteiger partial charge in [-0.15, -0.1) is 0 Å². The average molecular weight is 457 g/mol. The largest absolute Gasteiger partial charge is 0.421 e. The first kappa shape index (κ1) is 20.6. The fraction of sp³-hybridized carbons (Fsp3) is 0. The van der Waals surface area contributed by atoms with Crippen LogP contribution in [-0.4, -0.2) is 25.9 Å². The van der Waals surface area contributed by atoms with Crippen LogP contribution in [0.3, 0.4) is 0 Å². The Morgan fingerprint density at radius 1 is 0.686 bits per heavy atom. The standard InChI is InChI=1S/C29H20N4O2/c34-29(13-6-19-4-2-1-3-5-19)35-28-18-26-16-24-10-9-22(31-24)14-20-7-8-21(30-20)15-23-11-12-25(32-23)17-27(28)33-26/h1-18,31,33H/b13-6+,20-14?,21-15?,22-14?,23-15?,24-16?,25-17?,26-16?,27-17?. The van der Waals surface area contributed by atoms with Gasteiger partial charge in [-0.05, 0) is 72.3 Å². The molecule has 0 saturated carbocycles. The van der Waals surface area contributed by atoms with Crippen molar-refractivity contribution in [1.82, 2.24) is 19.9 Å². The molecule has 3 aromatic heterocycles. The van der Waals surface area contributed by atoms with Crippen LogP contribution < -0.4 is 4.74 Å². The second kappa shape index (κ2) is 8.76. The molecule has 0 amide bonds. The second-order valence-electron chi connectivity index (χ2n) is 8.20. The Morgan fingerprint density at radius 3 is 2.09 bits per heavy atom. The molecule has 0 unspecified atom stereocenters. The smallest absolute Gasteiger partial charge is 0.336 e. The van der Waals surface area contributed by atoms with Crippen LogP contribution in [0.5, 0.6) is 5.75 Å². The van der Waals surface area contributed by atoms with Crippen LogP contribution in [0.1, 0.15) is 28.3 Å². The van der Waals surface area contributed by atoms with E-state index in [0.717, 1.165) is 44.9 Å². The van der Waals surface area contributed by atoms with Gasteiger partial charge in [0, 0.05) is 28.7 Å². The summed E-state index contributed by atoms with van der Waals surface area (Å²) in [5, 5.41) is 0. The summed E-state index contributed by atoms with van der Waals surface area (Å²) in [5.41, 5.74) is 7.48. The molecule has 0 atom stereocenters. The van der Waals surface area contributed by atoms with Crippen LogP contribution in [0.25, 0.3) is 52.4 Å². The van der Waals surface area contributed by atoms with E-state index in [0.29, 0.717) is 11.3 Å². The minimum Gasteiger partial charge on any atom is -0.421 e. The average Bonchev–Trinajstić information content (AvgIpc) is 3.65. The van der Waals surface area contributed by atoms with Gasteiger partial charge in [0.05, 0.1) is 28.3 Å². The molecule has 6 nitrogen and oxygen atoms in total. The third-order valence-electron chi connectivity index (χ3n) is 5.55. The zero-order valence-electron chi connectivity index (χ0n) is 18.6. The summed E-state index contributed by atoms with van der Waals surface area (Å²) in [6.07, 6.45) is 11.0. The molecule has 0 aliphatic carbocycles. The van der Waals surface area contributed by atoms with Crippen molar-refractivity contribution in [2.75, 3.05) is 0 Å². The van der Waals surface area contributed by atoms with E-state index in [2.05, 4.69) is 19.9 Å². The zero-order chi connectivity index (χ0) is 23.6. The van der Waals surface area contributed by atoms with Crippen molar-refractivity contribution in [3.05, 3.63) is 107 Å². The van der Waals surface area contributed by atoms with Crippen molar-refractivity contribution in [3.8, 4) is 5.75 Å². The van der Waals surface area contributed by atoms with Gasteiger partial charge in [-0.1, -0.05) is 30.3 Å². The molecule has 0 saturated heterocycles. The third kappa shape index (κ3) is 4.72. The minimum atomic E-state index is -0.459. The van der Waals surface area contributed by atoms with E-state index < -0.39 is 5.97 Å². The van der Waals surface area contributed by atoms with E-state index in [4.69, 9.17) is 4.74 Å². The fourth-order valence-electron chi connectivity index (χ4n) is 3.95. The van der Waals surface area contributed by atoms with E-state index >= 15 is 0 Å². The molecule has 168 valence electrons. The molecule has 5 heterocycles. The van der Waals surface area contributed by atoms with Gasteiger partial charge in [-0.25, -0.2) is 14.8 Å². The Kier molecular flexibility index (Phi) is 5.16. The predicted octanol–water partition coefficient (Wildman–Crippen LogP) is 6.27. The maximum Gasteiger partial charge on any atom is 0.336 e. The first-order valence-corrected chi connectivity index (χ1v) is 11.2. The lowest BCUT2D eigenvalue weighted by Crippen LogP contribution is -2.03. The lowest BCUT2D eigenvalue weighted by molar-refractivity contribution is -0.128. The van der Waals surface area contributed by atoms with E-state index in [1.807, 2.05) is 97.1 Å². The van der Waals surface area contributed by atoms with Gasteiger partial charge in [0.2, 0.25) is 0 Å². The molecule has 1 aromatic carbocycles. The number of hydrogen-bond acceptors (Lipinski definition) is 4. The molecule has 0 spiro atoms. The van der Waals surface area contributed by atoms with Crippen LogP contribution in [0.2, 0.25) is 0 Å². The Hall–Kier alpha value is -4.97. The Labute approximate surface area is 201 Å². The molecule has 6 rings (SSSR count). The number of nitrogens with one attached hydrogen (secondary N) is 2. The summed E-state index contributed by atoms with van der Waals surface area (Å²) >= 11 is 0. The Morgan fingerprint density at radius 2 is 1.34 bits per heavy atom. The van der Waals surface area contributed by atoms with E-state index in [9.17, 15) is 4.79 Å². The van der Waals surface area contributed by atoms with Crippen LogP contribution in [0, 0.1) is 0 Å². The molecule has 4 aromatic rings. The van der Waals surface area contributed by atoms with Crippen molar-refractivity contribution in [1.29, 1.82) is 0 Å². The van der Waals surface area contributed by atoms with Gasteiger partial charge < -0.3 is 14.7 Å². The van der Waals surface area contributed by atoms with Gasteiger partial charge in [0.15, 0.2) is 5.75 Å². The van der Waals surface area contributed by atoms with Crippen molar-refractivity contribution in [2.24, 2.45) is 0 Å². The molecule has 8 bridgehead atoms. The maximum absolute atomic E-state index is 12.6. The molecule has 2 aliphatic rings. The van der Waals surface area contributed by atoms with Crippen molar-refractivity contribution < 1.29 is 9.53 Å². The summed E-state index contributed by atoms with van der Waals surface area (Å²) in [7, 11) is 0. The molecular formula is C29H20N4O2. The Balaban J connectivity index is 1.46. The topological polar surface area (TPSA) is 83.7 Å². The van der Waals surface area contributed by atoms with Crippen molar-refractivity contribution in [3.63, 3.8) is 0 Å². The molecule has 0 radical (unpaired) electrons. The maximum atomic E-state index is 12.6. The summed E-state index contributed by atoms with van der Waals surface area (Å²) in [6.45, 7) is 0. The Bertz CT molecular complexity index is 1690. The monoisotopic (exact) mass is 456 g/mol. The molecule has 35 heavy (non-hydrogen) atoms. The summed E-state index contributed by atoms with van der Waals surface area (Å²) in [6, 6.07) is 23.2.